The maximum absolute atomic E-state index is 9.67. The van der Waals surface area contributed by atoms with Crippen molar-refractivity contribution >= 4 is 28.2 Å². The number of anilines is 1. The number of likely N-dealkylation sites (N-methyl/N-ethyl adjacent to an activating group) is 1. The van der Waals surface area contributed by atoms with E-state index in [1.54, 1.807) is 23.1 Å². The second-order valence-corrected chi connectivity index (χ2v) is 7.83. The van der Waals surface area contributed by atoms with Crippen LogP contribution in [0.3, 0.4) is 0 Å². The zero-order valence-electron chi connectivity index (χ0n) is 12.4. The molecule has 1 heterocycles. The van der Waals surface area contributed by atoms with Gasteiger partial charge in [-0.05, 0) is 32.2 Å². The van der Waals surface area contributed by atoms with Gasteiger partial charge in [-0.3, -0.25) is 0 Å². The van der Waals surface area contributed by atoms with Gasteiger partial charge in [-0.1, -0.05) is 29.5 Å². The fourth-order valence-electron chi connectivity index (χ4n) is 2.91. The Morgan fingerprint density at radius 2 is 2.30 bits per heavy atom. The highest BCUT2D eigenvalue weighted by Crippen LogP contribution is 2.39. The molecule has 1 aliphatic carbocycles. The van der Waals surface area contributed by atoms with Gasteiger partial charge < -0.3 is 15.3 Å². The molecular formula is C13H24N4OS2. The van der Waals surface area contributed by atoms with Gasteiger partial charge in [0.15, 0.2) is 4.34 Å². The van der Waals surface area contributed by atoms with E-state index in [0.717, 1.165) is 28.1 Å². The Labute approximate surface area is 129 Å². The van der Waals surface area contributed by atoms with Crippen molar-refractivity contribution in [2.75, 3.05) is 38.4 Å². The smallest absolute Gasteiger partial charge is 0.208 e. The molecule has 0 spiro atoms. The molecule has 2 unspecified atom stereocenters. The standard InChI is InChI=1S/C13H24N4OS2/c1-14-13(9-18)7-4-5-10(13)6-8-19-12-16-15-11(20-12)17(2)3/h10,14,18H,4-9H2,1-3H3. The summed E-state index contributed by atoms with van der Waals surface area (Å²) in [6.45, 7) is 0.239. The number of nitrogens with one attached hydrogen (secondary N) is 1. The van der Waals surface area contributed by atoms with Crippen LogP contribution in [0.4, 0.5) is 5.13 Å². The quantitative estimate of drug-likeness (QED) is 0.749. The van der Waals surface area contributed by atoms with Gasteiger partial charge >= 0.3 is 0 Å². The molecule has 1 saturated carbocycles. The summed E-state index contributed by atoms with van der Waals surface area (Å²) in [5, 5.41) is 22.3. The Morgan fingerprint density at radius 1 is 1.50 bits per heavy atom. The monoisotopic (exact) mass is 316 g/mol. The fourth-order valence-corrected chi connectivity index (χ4v) is 4.80. The van der Waals surface area contributed by atoms with Crippen molar-refractivity contribution in [1.82, 2.24) is 15.5 Å². The van der Waals surface area contributed by atoms with Crippen molar-refractivity contribution in [3.05, 3.63) is 0 Å². The lowest BCUT2D eigenvalue weighted by Crippen LogP contribution is -2.49. The third kappa shape index (κ3) is 3.44. The molecule has 0 radical (unpaired) electrons. The van der Waals surface area contributed by atoms with Crippen LogP contribution in [0.2, 0.25) is 0 Å². The Hall–Kier alpha value is -0.370. The van der Waals surface area contributed by atoms with Gasteiger partial charge in [-0.2, -0.15) is 0 Å². The summed E-state index contributed by atoms with van der Waals surface area (Å²) in [6.07, 6.45) is 4.61. The van der Waals surface area contributed by atoms with E-state index in [2.05, 4.69) is 15.5 Å². The average molecular weight is 316 g/mol. The van der Waals surface area contributed by atoms with Crippen LogP contribution in [0.5, 0.6) is 0 Å². The molecule has 0 aliphatic heterocycles. The van der Waals surface area contributed by atoms with Gasteiger partial charge in [0.25, 0.3) is 0 Å². The second kappa shape index (κ2) is 7.06. The van der Waals surface area contributed by atoms with Gasteiger partial charge in [-0.25, -0.2) is 0 Å². The molecule has 0 aromatic carbocycles. The summed E-state index contributed by atoms with van der Waals surface area (Å²) in [5.74, 6) is 1.60. The predicted molar refractivity (Wildman–Crippen MR) is 85.8 cm³/mol. The number of rotatable bonds is 7. The minimum absolute atomic E-state index is 0.0590. The van der Waals surface area contributed by atoms with Gasteiger partial charge in [0.1, 0.15) is 0 Å². The molecule has 1 aromatic rings. The molecule has 7 heteroatoms. The number of nitrogens with zero attached hydrogens (tertiary/aromatic N) is 3. The Morgan fingerprint density at radius 3 is 2.90 bits per heavy atom. The molecule has 0 amide bonds. The number of aromatic nitrogens is 2. The number of hydrogen-bond acceptors (Lipinski definition) is 7. The van der Waals surface area contributed by atoms with Gasteiger partial charge in [-0.15, -0.1) is 10.2 Å². The van der Waals surface area contributed by atoms with E-state index in [1.807, 2.05) is 26.0 Å². The molecule has 20 heavy (non-hydrogen) atoms. The van der Waals surface area contributed by atoms with E-state index in [0.29, 0.717) is 5.92 Å². The van der Waals surface area contributed by atoms with Crippen molar-refractivity contribution in [3.63, 3.8) is 0 Å². The molecule has 0 saturated heterocycles. The summed E-state index contributed by atoms with van der Waals surface area (Å²) in [5.41, 5.74) is -0.0590. The van der Waals surface area contributed by atoms with Crippen LogP contribution in [-0.4, -0.2) is 54.3 Å². The van der Waals surface area contributed by atoms with Crippen LogP contribution in [-0.2, 0) is 0 Å². The number of hydrogen-bond donors (Lipinski definition) is 2. The summed E-state index contributed by atoms with van der Waals surface area (Å²) < 4.78 is 1.03. The SMILES string of the molecule is CNC1(CO)CCCC1CCSc1nnc(N(C)C)s1. The number of aliphatic hydroxyl groups excluding tert-OH is 1. The van der Waals surface area contributed by atoms with Crippen LogP contribution in [0, 0.1) is 5.92 Å². The van der Waals surface area contributed by atoms with Crippen molar-refractivity contribution in [1.29, 1.82) is 0 Å². The molecule has 2 rings (SSSR count). The molecular weight excluding hydrogens is 292 g/mol. The van der Waals surface area contributed by atoms with Gasteiger partial charge in [0, 0.05) is 25.4 Å². The Bertz CT molecular complexity index is 420. The highest BCUT2D eigenvalue weighted by atomic mass is 32.2. The maximum atomic E-state index is 9.67. The van der Waals surface area contributed by atoms with Crippen LogP contribution in [0.25, 0.3) is 0 Å². The van der Waals surface area contributed by atoms with Crippen molar-refractivity contribution in [3.8, 4) is 0 Å². The lowest BCUT2D eigenvalue weighted by atomic mass is 9.86. The van der Waals surface area contributed by atoms with Crippen LogP contribution < -0.4 is 10.2 Å². The first kappa shape index (κ1) is 16.0. The second-order valence-electron chi connectivity index (χ2n) is 5.54. The van der Waals surface area contributed by atoms with E-state index in [-0.39, 0.29) is 12.1 Å². The van der Waals surface area contributed by atoms with Crippen LogP contribution in [0.1, 0.15) is 25.7 Å². The highest BCUT2D eigenvalue weighted by Gasteiger charge is 2.40. The molecule has 1 aliphatic rings. The van der Waals surface area contributed by atoms with E-state index < -0.39 is 0 Å². The number of aliphatic hydroxyl groups is 1. The largest absolute Gasteiger partial charge is 0.394 e. The number of thioether (sulfide) groups is 1. The zero-order chi connectivity index (χ0) is 14.6. The lowest BCUT2D eigenvalue weighted by molar-refractivity contribution is 0.130. The molecule has 5 nitrogen and oxygen atoms in total. The summed E-state index contributed by atoms with van der Waals surface area (Å²) in [4.78, 5) is 1.98. The minimum atomic E-state index is -0.0590. The molecule has 1 aromatic heterocycles. The third-order valence-corrected chi connectivity index (χ3v) is 6.46. The third-order valence-electron chi connectivity index (χ3n) is 4.21. The van der Waals surface area contributed by atoms with Crippen LogP contribution in [0.15, 0.2) is 4.34 Å². The average Bonchev–Trinajstić information content (AvgIpc) is 3.06. The molecule has 0 bridgehead atoms. The molecule has 114 valence electrons. The first-order valence-corrected chi connectivity index (χ1v) is 8.85. The maximum Gasteiger partial charge on any atom is 0.208 e. The van der Waals surface area contributed by atoms with E-state index in [4.69, 9.17) is 0 Å². The Kier molecular flexibility index (Phi) is 5.65. The predicted octanol–water partition coefficient (Wildman–Crippen LogP) is 1.84. The molecule has 2 atom stereocenters. The van der Waals surface area contributed by atoms with Crippen LogP contribution >= 0.6 is 23.1 Å². The lowest BCUT2D eigenvalue weighted by Gasteiger charge is -2.33. The van der Waals surface area contributed by atoms with Gasteiger partial charge in [0.05, 0.1) is 6.61 Å². The van der Waals surface area contributed by atoms with Crippen molar-refractivity contribution < 1.29 is 5.11 Å². The topological polar surface area (TPSA) is 61.3 Å². The summed E-state index contributed by atoms with van der Waals surface area (Å²) >= 11 is 3.41. The van der Waals surface area contributed by atoms with E-state index >= 15 is 0 Å². The first-order valence-electron chi connectivity index (χ1n) is 7.04. The first-order chi connectivity index (χ1) is 9.61. The normalized spacial score (nSPS) is 26.1. The van der Waals surface area contributed by atoms with Gasteiger partial charge in [0.2, 0.25) is 5.13 Å². The van der Waals surface area contributed by atoms with E-state index in [9.17, 15) is 5.11 Å². The van der Waals surface area contributed by atoms with Crippen molar-refractivity contribution in [2.24, 2.45) is 5.92 Å². The molecule has 2 N–H and O–H groups in total. The summed E-state index contributed by atoms with van der Waals surface area (Å²) in [7, 11) is 5.93. The zero-order valence-corrected chi connectivity index (χ0v) is 14.1. The Balaban J connectivity index is 1.83. The summed E-state index contributed by atoms with van der Waals surface area (Å²) in [6, 6.07) is 0. The highest BCUT2D eigenvalue weighted by molar-refractivity contribution is 8.01. The van der Waals surface area contributed by atoms with E-state index in [1.165, 1.54) is 12.8 Å². The van der Waals surface area contributed by atoms with Crippen molar-refractivity contribution in [2.45, 2.75) is 35.6 Å². The fraction of sp³-hybridized carbons (Fsp3) is 0.846. The minimum Gasteiger partial charge on any atom is -0.394 e. The molecule has 1 fully saturated rings.